The van der Waals surface area contributed by atoms with Crippen LogP contribution in [-0.2, 0) is 0 Å². The van der Waals surface area contributed by atoms with E-state index in [1.165, 1.54) is 5.56 Å². The van der Waals surface area contributed by atoms with Gasteiger partial charge in [0.2, 0.25) is 0 Å². The summed E-state index contributed by atoms with van der Waals surface area (Å²) in [4.78, 5) is 0. The van der Waals surface area contributed by atoms with Gasteiger partial charge in [-0.15, -0.1) is 0 Å². The van der Waals surface area contributed by atoms with E-state index in [2.05, 4.69) is 42.2 Å². The van der Waals surface area contributed by atoms with Crippen molar-refractivity contribution < 1.29 is 4.42 Å². The van der Waals surface area contributed by atoms with Crippen molar-refractivity contribution in [3.8, 4) is 0 Å². The summed E-state index contributed by atoms with van der Waals surface area (Å²) in [5.41, 5.74) is 4.14. The standard InChI is InChI=1S/C19H15NO/c1-2-13-11-19-16(14-7-3-4-9-18(14)21-19)12-15(13)17-8-5-6-10-20-17/h2-12,17,20H,1H2. The van der Waals surface area contributed by atoms with E-state index in [1.54, 1.807) is 0 Å². The van der Waals surface area contributed by atoms with Crippen molar-refractivity contribution in [2.75, 3.05) is 0 Å². The number of nitrogens with one attached hydrogen (secondary N) is 1. The van der Waals surface area contributed by atoms with Crippen LogP contribution in [0.1, 0.15) is 17.2 Å². The lowest BCUT2D eigenvalue weighted by atomic mass is 9.96. The Labute approximate surface area is 123 Å². The predicted octanol–water partition coefficient (Wildman–Crippen LogP) is 4.94. The molecule has 4 rings (SSSR count). The highest BCUT2D eigenvalue weighted by atomic mass is 16.3. The normalized spacial score (nSPS) is 17.2. The molecule has 0 aliphatic carbocycles. The van der Waals surface area contributed by atoms with E-state index >= 15 is 0 Å². The van der Waals surface area contributed by atoms with Gasteiger partial charge in [-0.05, 0) is 41.6 Å². The maximum atomic E-state index is 5.94. The van der Waals surface area contributed by atoms with Crippen molar-refractivity contribution in [2.24, 2.45) is 0 Å². The number of hydrogen-bond donors (Lipinski definition) is 1. The van der Waals surface area contributed by atoms with E-state index in [0.717, 1.165) is 27.5 Å². The van der Waals surface area contributed by atoms with E-state index in [0.29, 0.717) is 0 Å². The molecule has 1 aliphatic heterocycles. The summed E-state index contributed by atoms with van der Waals surface area (Å²) in [7, 11) is 0. The lowest BCUT2D eigenvalue weighted by Gasteiger charge is -2.18. The van der Waals surface area contributed by atoms with Crippen LogP contribution in [0.25, 0.3) is 28.0 Å². The van der Waals surface area contributed by atoms with Crippen LogP contribution >= 0.6 is 0 Å². The molecule has 0 saturated heterocycles. The van der Waals surface area contributed by atoms with Crippen molar-refractivity contribution in [1.29, 1.82) is 0 Å². The Kier molecular flexibility index (Phi) is 2.68. The molecule has 21 heavy (non-hydrogen) atoms. The molecule has 1 atom stereocenters. The van der Waals surface area contributed by atoms with Crippen molar-refractivity contribution in [2.45, 2.75) is 6.04 Å². The molecule has 2 heteroatoms. The first-order valence-corrected chi connectivity index (χ1v) is 7.04. The number of furan rings is 1. The van der Waals surface area contributed by atoms with Crippen LogP contribution in [0.4, 0.5) is 0 Å². The van der Waals surface area contributed by atoms with Crippen molar-refractivity contribution in [1.82, 2.24) is 5.32 Å². The average molecular weight is 273 g/mol. The van der Waals surface area contributed by atoms with E-state index in [9.17, 15) is 0 Å². The van der Waals surface area contributed by atoms with Gasteiger partial charge in [-0.3, -0.25) is 0 Å². The molecular formula is C19H15NO. The Bertz CT molecular complexity index is 898. The summed E-state index contributed by atoms with van der Waals surface area (Å²) in [5, 5.41) is 5.67. The average Bonchev–Trinajstić information content (AvgIpc) is 2.92. The minimum atomic E-state index is 0.168. The first-order chi connectivity index (χ1) is 10.4. The molecule has 1 aliphatic rings. The van der Waals surface area contributed by atoms with E-state index < -0.39 is 0 Å². The second-order valence-corrected chi connectivity index (χ2v) is 5.17. The number of fused-ring (bicyclic) bond motifs is 3. The Balaban J connectivity index is 2.00. The Morgan fingerprint density at radius 3 is 2.76 bits per heavy atom. The minimum Gasteiger partial charge on any atom is -0.456 e. The van der Waals surface area contributed by atoms with Crippen LogP contribution in [-0.4, -0.2) is 0 Å². The molecule has 2 nitrogen and oxygen atoms in total. The van der Waals surface area contributed by atoms with Crippen LogP contribution < -0.4 is 5.32 Å². The molecule has 1 N–H and O–H groups in total. The van der Waals surface area contributed by atoms with Gasteiger partial charge in [-0.25, -0.2) is 0 Å². The second-order valence-electron chi connectivity index (χ2n) is 5.17. The Morgan fingerprint density at radius 1 is 1.05 bits per heavy atom. The van der Waals surface area contributed by atoms with E-state index in [-0.39, 0.29) is 6.04 Å². The Hall–Kier alpha value is -2.74. The first-order valence-electron chi connectivity index (χ1n) is 7.04. The maximum Gasteiger partial charge on any atom is 0.136 e. The molecule has 102 valence electrons. The summed E-state index contributed by atoms with van der Waals surface area (Å²) in [6, 6.07) is 12.6. The fourth-order valence-electron chi connectivity index (χ4n) is 2.89. The van der Waals surface area contributed by atoms with Crippen molar-refractivity contribution >= 4 is 28.0 Å². The van der Waals surface area contributed by atoms with Crippen LogP contribution in [0, 0.1) is 0 Å². The van der Waals surface area contributed by atoms with Gasteiger partial charge in [0.15, 0.2) is 0 Å². The predicted molar refractivity (Wildman–Crippen MR) is 88.0 cm³/mol. The monoisotopic (exact) mass is 273 g/mol. The highest BCUT2D eigenvalue weighted by molar-refractivity contribution is 6.05. The number of allylic oxidation sites excluding steroid dienone is 2. The molecule has 0 fully saturated rings. The molecular weight excluding hydrogens is 258 g/mol. The topological polar surface area (TPSA) is 25.2 Å². The summed E-state index contributed by atoms with van der Waals surface area (Å²) >= 11 is 0. The van der Waals surface area contributed by atoms with Crippen LogP contribution in [0.15, 0.2) is 71.8 Å². The van der Waals surface area contributed by atoms with Crippen LogP contribution in [0.3, 0.4) is 0 Å². The van der Waals surface area contributed by atoms with Gasteiger partial charge in [0, 0.05) is 10.8 Å². The fourth-order valence-corrected chi connectivity index (χ4v) is 2.89. The molecule has 0 spiro atoms. The van der Waals surface area contributed by atoms with Crippen molar-refractivity contribution in [3.63, 3.8) is 0 Å². The number of benzene rings is 2. The SMILES string of the molecule is C=Cc1cc2oc3ccccc3c2cc1C1C=CC=CN1. The molecule has 2 heterocycles. The zero-order chi connectivity index (χ0) is 14.2. The fraction of sp³-hybridized carbons (Fsp3) is 0.0526. The molecule has 0 bridgehead atoms. The third kappa shape index (κ3) is 1.88. The second kappa shape index (κ2) is 4.67. The number of hydrogen-bond acceptors (Lipinski definition) is 2. The highest BCUT2D eigenvalue weighted by Gasteiger charge is 2.15. The van der Waals surface area contributed by atoms with Gasteiger partial charge in [0.05, 0.1) is 6.04 Å². The van der Waals surface area contributed by atoms with Crippen LogP contribution in [0.2, 0.25) is 0 Å². The molecule has 0 radical (unpaired) electrons. The zero-order valence-corrected chi connectivity index (χ0v) is 11.5. The van der Waals surface area contributed by atoms with Crippen LogP contribution in [0.5, 0.6) is 0 Å². The zero-order valence-electron chi connectivity index (χ0n) is 11.5. The Morgan fingerprint density at radius 2 is 1.95 bits per heavy atom. The largest absolute Gasteiger partial charge is 0.456 e. The number of para-hydroxylation sites is 1. The molecule has 0 saturated carbocycles. The van der Waals surface area contributed by atoms with Gasteiger partial charge in [0.1, 0.15) is 11.2 Å². The lowest BCUT2D eigenvalue weighted by Crippen LogP contribution is -2.15. The summed E-state index contributed by atoms with van der Waals surface area (Å²) in [6.45, 7) is 3.94. The maximum absolute atomic E-state index is 5.94. The third-order valence-electron chi connectivity index (χ3n) is 3.92. The first kappa shape index (κ1) is 12.0. The summed E-state index contributed by atoms with van der Waals surface area (Å²) in [6.07, 6.45) is 10.1. The molecule has 3 aromatic rings. The van der Waals surface area contributed by atoms with Gasteiger partial charge in [-0.1, -0.05) is 43.0 Å². The van der Waals surface area contributed by atoms with Crippen molar-refractivity contribution in [3.05, 3.63) is 78.5 Å². The van der Waals surface area contributed by atoms with E-state index in [1.807, 2.05) is 36.6 Å². The molecule has 1 aromatic heterocycles. The molecule has 1 unspecified atom stereocenters. The van der Waals surface area contributed by atoms with E-state index in [4.69, 9.17) is 4.42 Å². The quantitative estimate of drug-likeness (QED) is 0.715. The lowest BCUT2D eigenvalue weighted by molar-refractivity contribution is 0.668. The third-order valence-corrected chi connectivity index (χ3v) is 3.92. The smallest absolute Gasteiger partial charge is 0.136 e. The number of rotatable bonds is 2. The molecule has 2 aromatic carbocycles. The minimum absolute atomic E-state index is 0.168. The summed E-state index contributed by atoms with van der Waals surface area (Å²) in [5.74, 6) is 0. The van der Waals surface area contributed by atoms with Gasteiger partial charge < -0.3 is 9.73 Å². The van der Waals surface area contributed by atoms with Gasteiger partial charge in [0.25, 0.3) is 0 Å². The number of dihydropyridines is 1. The van der Waals surface area contributed by atoms with Gasteiger partial charge >= 0.3 is 0 Å². The summed E-state index contributed by atoms with van der Waals surface area (Å²) < 4.78 is 5.94. The van der Waals surface area contributed by atoms with Gasteiger partial charge in [-0.2, -0.15) is 0 Å². The highest BCUT2D eigenvalue weighted by Crippen LogP contribution is 2.33. The molecule has 0 amide bonds.